The van der Waals surface area contributed by atoms with E-state index in [1.165, 1.54) is 6.08 Å². The molecular weight excluding hydrogens is 336 g/mol. The Kier molecular flexibility index (Phi) is 3.71. The highest BCUT2D eigenvalue weighted by Gasteiger charge is 2.74. The minimum absolute atomic E-state index is 0.0133. The van der Waals surface area contributed by atoms with Gasteiger partial charge in [0.1, 0.15) is 17.8 Å². The molecule has 2 heterocycles. The lowest BCUT2D eigenvalue weighted by Crippen LogP contribution is -2.41. The highest BCUT2D eigenvalue weighted by Crippen LogP contribution is 2.60. The van der Waals surface area contributed by atoms with Gasteiger partial charge in [0.25, 0.3) is 0 Å². The van der Waals surface area contributed by atoms with Crippen molar-refractivity contribution in [2.75, 3.05) is 0 Å². The van der Waals surface area contributed by atoms with Crippen LogP contribution in [0, 0.1) is 17.8 Å². The van der Waals surface area contributed by atoms with Gasteiger partial charge in [-0.3, -0.25) is 9.59 Å². The normalized spacial score (nSPS) is 43.1. The van der Waals surface area contributed by atoms with Gasteiger partial charge in [-0.2, -0.15) is 0 Å². The van der Waals surface area contributed by atoms with Gasteiger partial charge in [-0.25, -0.2) is 4.79 Å². The van der Waals surface area contributed by atoms with Crippen LogP contribution in [-0.4, -0.2) is 41.6 Å². The van der Waals surface area contributed by atoms with E-state index in [0.717, 1.165) is 11.1 Å². The summed E-state index contributed by atoms with van der Waals surface area (Å²) in [5.41, 5.74) is 1.85. The molecule has 6 heteroatoms. The largest absolute Gasteiger partial charge is 0.461 e. The van der Waals surface area contributed by atoms with Gasteiger partial charge in [-0.1, -0.05) is 18.1 Å². The molecule has 7 atom stereocenters. The van der Waals surface area contributed by atoms with Gasteiger partial charge >= 0.3 is 11.9 Å². The second-order valence-electron chi connectivity index (χ2n) is 8.39. The number of carbonyl (C=O) groups is 3. The lowest BCUT2D eigenvalue weighted by molar-refractivity contribution is -0.148. The fourth-order valence-electron chi connectivity index (χ4n) is 4.99. The van der Waals surface area contributed by atoms with Crippen molar-refractivity contribution in [1.29, 1.82) is 0 Å². The lowest BCUT2D eigenvalue weighted by Gasteiger charge is -2.30. The standard InChI is InChI=1S/C20H24O6/c1-8(2)6-12(21)24-11-7-9(3)13-15(20(5)18(26-20)16(13)22)17-14(11)10(4)19(23)25-17/h6,10-11,14-15,17-18H,7H2,1-5H3/t10-,11-,14+,15-,17+,18-,20+/m0/s1. The molecule has 2 aliphatic heterocycles. The number of esters is 2. The van der Waals surface area contributed by atoms with Crippen molar-refractivity contribution in [3.05, 3.63) is 22.8 Å². The zero-order valence-electron chi connectivity index (χ0n) is 15.7. The minimum atomic E-state index is -0.611. The Morgan fingerprint density at radius 3 is 2.65 bits per heavy atom. The van der Waals surface area contributed by atoms with Gasteiger partial charge in [0, 0.05) is 24.0 Å². The Balaban J connectivity index is 1.74. The van der Waals surface area contributed by atoms with Crippen LogP contribution in [-0.2, 0) is 28.6 Å². The zero-order valence-corrected chi connectivity index (χ0v) is 15.7. The van der Waals surface area contributed by atoms with Crippen LogP contribution in [0.3, 0.4) is 0 Å². The van der Waals surface area contributed by atoms with E-state index in [4.69, 9.17) is 14.2 Å². The third kappa shape index (κ3) is 2.31. The smallest absolute Gasteiger partial charge is 0.330 e. The predicted molar refractivity (Wildman–Crippen MR) is 90.9 cm³/mol. The molecular formula is C20H24O6. The highest BCUT2D eigenvalue weighted by molar-refractivity contribution is 6.06. The van der Waals surface area contributed by atoms with Gasteiger partial charge < -0.3 is 14.2 Å². The van der Waals surface area contributed by atoms with Gasteiger partial charge in [0.2, 0.25) is 0 Å². The van der Waals surface area contributed by atoms with Crippen LogP contribution in [0.4, 0.5) is 0 Å². The summed E-state index contributed by atoms with van der Waals surface area (Å²) in [6.45, 7) is 9.26. The maximum absolute atomic E-state index is 12.7. The third-order valence-corrected chi connectivity index (χ3v) is 6.25. The number of ether oxygens (including phenoxy) is 3. The van der Waals surface area contributed by atoms with Crippen molar-refractivity contribution in [3.8, 4) is 0 Å². The van der Waals surface area contributed by atoms with E-state index in [0.29, 0.717) is 12.0 Å². The first-order valence-electron chi connectivity index (χ1n) is 9.13. The van der Waals surface area contributed by atoms with Crippen LogP contribution in [0.25, 0.3) is 0 Å². The van der Waals surface area contributed by atoms with E-state index >= 15 is 0 Å². The third-order valence-electron chi connectivity index (χ3n) is 6.25. The average molecular weight is 360 g/mol. The van der Waals surface area contributed by atoms with Crippen molar-refractivity contribution in [2.24, 2.45) is 17.8 Å². The molecule has 0 spiro atoms. The zero-order chi connectivity index (χ0) is 19.0. The molecule has 4 rings (SSSR count). The Morgan fingerprint density at radius 1 is 1.31 bits per heavy atom. The number of carbonyl (C=O) groups excluding carboxylic acids is 3. The maximum Gasteiger partial charge on any atom is 0.330 e. The molecule has 3 fully saturated rings. The molecule has 140 valence electrons. The summed E-state index contributed by atoms with van der Waals surface area (Å²) in [6.07, 6.45) is 0.438. The van der Waals surface area contributed by atoms with Crippen molar-refractivity contribution < 1.29 is 28.6 Å². The molecule has 0 aromatic heterocycles. The maximum atomic E-state index is 12.7. The van der Waals surface area contributed by atoms with Crippen molar-refractivity contribution in [1.82, 2.24) is 0 Å². The molecule has 2 saturated heterocycles. The number of rotatable bonds is 2. The van der Waals surface area contributed by atoms with Crippen LogP contribution in [0.2, 0.25) is 0 Å². The molecule has 1 saturated carbocycles. The summed E-state index contributed by atoms with van der Waals surface area (Å²) >= 11 is 0. The van der Waals surface area contributed by atoms with Gasteiger partial charge in [-0.15, -0.1) is 0 Å². The summed E-state index contributed by atoms with van der Waals surface area (Å²) in [4.78, 5) is 37.3. The Morgan fingerprint density at radius 2 is 2.00 bits per heavy atom. The summed E-state index contributed by atoms with van der Waals surface area (Å²) in [5, 5.41) is 0. The summed E-state index contributed by atoms with van der Waals surface area (Å²) in [6, 6.07) is 0. The number of hydrogen-bond donors (Lipinski definition) is 0. The lowest BCUT2D eigenvalue weighted by atomic mass is 9.78. The molecule has 0 unspecified atom stereocenters. The van der Waals surface area contributed by atoms with E-state index in [1.807, 2.05) is 27.7 Å². The quantitative estimate of drug-likeness (QED) is 0.426. The fraction of sp³-hybridized carbons (Fsp3) is 0.650. The van der Waals surface area contributed by atoms with E-state index in [2.05, 4.69) is 0 Å². The number of hydrogen-bond acceptors (Lipinski definition) is 6. The second-order valence-corrected chi connectivity index (χ2v) is 8.39. The van der Waals surface area contributed by atoms with E-state index in [-0.39, 0.29) is 23.6 Å². The van der Waals surface area contributed by atoms with Crippen molar-refractivity contribution >= 4 is 17.7 Å². The molecule has 6 nitrogen and oxygen atoms in total. The molecule has 0 bridgehead atoms. The molecule has 4 aliphatic rings. The Bertz CT molecular complexity index is 773. The second kappa shape index (κ2) is 5.52. The first kappa shape index (κ1) is 17.5. The highest BCUT2D eigenvalue weighted by atomic mass is 16.6. The minimum Gasteiger partial charge on any atom is -0.461 e. The Labute approximate surface area is 152 Å². The van der Waals surface area contributed by atoms with Gasteiger partial charge in [0.05, 0.1) is 11.8 Å². The molecule has 0 amide bonds. The summed E-state index contributed by atoms with van der Waals surface area (Å²) in [5.74, 6) is -1.72. The monoisotopic (exact) mass is 360 g/mol. The average Bonchev–Trinajstić information content (AvgIpc) is 3.08. The Hall–Kier alpha value is -1.95. The molecule has 0 aromatic carbocycles. The SMILES string of the molecule is CC(C)=CC(=O)O[C@H]1CC(C)=C2C(=O)[C@@H]3O[C@]3(C)[C@@H]2[C@@H]2OC(=O)[C@@H](C)[C@@H]21. The van der Waals surface area contributed by atoms with E-state index < -0.39 is 35.8 Å². The molecule has 0 radical (unpaired) electrons. The van der Waals surface area contributed by atoms with E-state index in [1.54, 1.807) is 6.92 Å². The van der Waals surface area contributed by atoms with Crippen LogP contribution >= 0.6 is 0 Å². The van der Waals surface area contributed by atoms with Crippen LogP contribution < -0.4 is 0 Å². The van der Waals surface area contributed by atoms with Crippen LogP contribution in [0.15, 0.2) is 22.8 Å². The molecule has 0 aromatic rings. The summed E-state index contributed by atoms with van der Waals surface area (Å²) < 4.78 is 17.1. The first-order valence-corrected chi connectivity index (χ1v) is 9.13. The fourth-order valence-corrected chi connectivity index (χ4v) is 4.99. The van der Waals surface area contributed by atoms with Crippen LogP contribution in [0.1, 0.15) is 41.0 Å². The van der Waals surface area contributed by atoms with Crippen molar-refractivity contribution in [2.45, 2.75) is 65.0 Å². The first-order chi connectivity index (χ1) is 12.1. The number of Topliss-reactive ketones (excluding diaryl/α,β-unsaturated/α-hetero) is 1. The van der Waals surface area contributed by atoms with Crippen molar-refractivity contribution in [3.63, 3.8) is 0 Å². The number of fused-ring (bicyclic) bond motifs is 5. The molecule has 26 heavy (non-hydrogen) atoms. The topological polar surface area (TPSA) is 82.2 Å². The van der Waals surface area contributed by atoms with Crippen LogP contribution in [0.5, 0.6) is 0 Å². The number of ketones is 1. The number of allylic oxidation sites excluding steroid dienone is 1. The predicted octanol–water partition coefficient (Wildman–Crippen LogP) is 2.12. The van der Waals surface area contributed by atoms with Gasteiger partial charge in [0.15, 0.2) is 11.9 Å². The summed E-state index contributed by atoms with van der Waals surface area (Å²) in [7, 11) is 0. The van der Waals surface area contributed by atoms with Gasteiger partial charge in [-0.05, 0) is 27.7 Å². The number of epoxide rings is 1. The van der Waals surface area contributed by atoms with E-state index in [9.17, 15) is 14.4 Å². The molecule has 2 aliphatic carbocycles. The molecule has 0 N–H and O–H groups in total.